The predicted octanol–water partition coefficient (Wildman–Crippen LogP) is 0.431. The van der Waals surface area contributed by atoms with Gasteiger partial charge < -0.3 is 0 Å². The maximum atomic E-state index is 13.2. The van der Waals surface area contributed by atoms with Crippen LogP contribution in [0.5, 0.6) is 0 Å². The van der Waals surface area contributed by atoms with Crippen LogP contribution < -0.4 is 11.2 Å². The Morgan fingerprint density at radius 2 is 1.92 bits per heavy atom. The van der Waals surface area contributed by atoms with Crippen molar-refractivity contribution in [1.29, 1.82) is 0 Å². The van der Waals surface area contributed by atoms with E-state index in [0.717, 1.165) is 10.6 Å². The van der Waals surface area contributed by atoms with E-state index in [4.69, 9.17) is 0 Å². The van der Waals surface area contributed by atoms with Crippen LogP contribution in [0.3, 0.4) is 0 Å². The predicted molar refractivity (Wildman–Crippen MR) is 46.3 cm³/mol. The molecular formula is C8H11FN2O2. The van der Waals surface area contributed by atoms with Gasteiger partial charge in [0.25, 0.3) is 5.56 Å². The quantitative estimate of drug-likeness (QED) is 0.597. The average molecular weight is 186 g/mol. The molecule has 5 heteroatoms. The van der Waals surface area contributed by atoms with Crippen LogP contribution in [0.2, 0.25) is 0 Å². The molecule has 0 aliphatic carbocycles. The van der Waals surface area contributed by atoms with Crippen LogP contribution in [-0.4, -0.2) is 9.55 Å². The molecule has 0 spiro atoms. The third-order valence-corrected chi connectivity index (χ3v) is 1.57. The molecule has 1 rings (SSSR count). The van der Waals surface area contributed by atoms with Crippen LogP contribution in [0.1, 0.15) is 20.8 Å². The summed E-state index contributed by atoms with van der Waals surface area (Å²) in [5.74, 6) is -0.818. The third kappa shape index (κ3) is 1.85. The summed E-state index contributed by atoms with van der Waals surface area (Å²) in [7, 11) is 0. The summed E-state index contributed by atoms with van der Waals surface area (Å²) in [6.45, 7) is 5.03. The molecule has 1 heterocycles. The molecular weight excluding hydrogens is 175 g/mol. The minimum atomic E-state index is -0.818. The van der Waals surface area contributed by atoms with Gasteiger partial charge in [-0.25, -0.2) is 4.79 Å². The monoisotopic (exact) mass is 186 g/mol. The summed E-state index contributed by atoms with van der Waals surface area (Å²) in [5, 5.41) is 0. The normalized spacial score (nSPS) is 11.7. The second kappa shape index (κ2) is 2.83. The van der Waals surface area contributed by atoms with Gasteiger partial charge in [-0.05, 0) is 20.8 Å². The zero-order valence-electron chi connectivity index (χ0n) is 7.72. The van der Waals surface area contributed by atoms with E-state index in [0.29, 0.717) is 0 Å². The van der Waals surface area contributed by atoms with Crippen molar-refractivity contribution in [3.8, 4) is 0 Å². The van der Waals surface area contributed by atoms with Crippen molar-refractivity contribution in [1.82, 2.24) is 9.55 Å². The van der Waals surface area contributed by atoms with Crippen LogP contribution in [0.4, 0.5) is 4.39 Å². The van der Waals surface area contributed by atoms with E-state index in [1.807, 2.05) is 4.98 Å². The third-order valence-electron chi connectivity index (χ3n) is 1.57. The molecule has 0 bridgehead atoms. The Labute approximate surface area is 74.0 Å². The Bertz CT molecular complexity index is 425. The van der Waals surface area contributed by atoms with Gasteiger partial charge >= 0.3 is 5.69 Å². The highest BCUT2D eigenvalue weighted by Crippen LogP contribution is 2.11. The van der Waals surface area contributed by atoms with Crippen molar-refractivity contribution in [3.05, 3.63) is 32.9 Å². The van der Waals surface area contributed by atoms with Gasteiger partial charge in [-0.3, -0.25) is 14.3 Å². The topological polar surface area (TPSA) is 54.9 Å². The number of hydrogen-bond acceptors (Lipinski definition) is 2. The van der Waals surface area contributed by atoms with Gasteiger partial charge in [0.2, 0.25) is 5.95 Å². The van der Waals surface area contributed by atoms with Gasteiger partial charge in [0, 0.05) is 5.54 Å². The Kier molecular flexibility index (Phi) is 2.11. The molecule has 0 saturated heterocycles. The number of aromatic amines is 1. The molecule has 0 aliphatic heterocycles. The molecule has 1 N–H and O–H groups in total. The molecule has 0 aliphatic rings. The SMILES string of the molecule is CC(C)(C)n1c(F)cc(=O)[nH]c1=O. The maximum absolute atomic E-state index is 13.2. The number of nitrogens with zero attached hydrogens (tertiary/aromatic N) is 1. The van der Waals surface area contributed by atoms with E-state index in [-0.39, 0.29) is 0 Å². The molecule has 0 amide bonds. The van der Waals surface area contributed by atoms with E-state index >= 15 is 0 Å². The molecule has 4 nitrogen and oxygen atoms in total. The summed E-state index contributed by atoms with van der Waals surface area (Å²) in [4.78, 5) is 23.9. The molecule has 0 saturated carbocycles. The number of H-pyrrole nitrogens is 1. The van der Waals surface area contributed by atoms with Crippen molar-refractivity contribution < 1.29 is 4.39 Å². The number of aromatic nitrogens is 2. The Morgan fingerprint density at radius 1 is 1.38 bits per heavy atom. The van der Waals surface area contributed by atoms with Gasteiger partial charge in [-0.15, -0.1) is 0 Å². The van der Waals surface area contributed by atoms with E-state index in [1.54, 1.807) is 20.8 Å². The van der Waals surface area contributed by atoms with Crippen molar-refractivity contribution in [2.45, 2.75) is 26.3 Å². The van der Waals surface area contributed by atoms with Crippen molar-refractivity contribution in [3.63, 3.8) is 0 Å². The lowest BCUT2D eigenvalue weighted by molar-refractivity contribution is 0.313. The first-order valence-corrected chi connectivity index (χ1v) is 3.85. The lowest BCUT2D eigenvalue weighted by atomic mass is 10.1. The minimum Gasteiger partial charge on any atom is -0.274 e. The van der Waals surface area contributed by atoms with Crippen LogP contribution >= 0.6 is 0 Å². The largest absolute Gasteiger partial charge is 0.331 e. The summed E-state index contributed by atoms with van der Waals surface area (Å²) in [5.41, 5.74) is -2.12. The van der Waals surface area contributed by atoms with Gasteiger partial charge in [0.1, 0.15) is 0 Å². The summed E-state index contributed by atoms with van der Waals surface area (Å²) >= 11 is 0. The smallest absolute Gasteiger partial charge is 0.274 e. The lowest BCUT2D eigenvalue weighted by Gasteiger charge is -2.21. The van der Waals surface area contributed by atoms with E-state index in [9.17, 15) is 14.0 Å². The van der Waals surface area contributed by atoms with Gasteiger partial charge in [-0.2, -0.15) is 4.39 Å². The van der Waals surface area contributed by atoms with Crippen LogP contribution in [0.15, 0.2) is 15.7 Å². The Morgan fingerprint density at radius 3 is 2.31 bits per heavy atom. The van der Waals surface area contributed by atoms with E-state index < -0.39 is 22.7 Å². The fourth-order valence-electron chi connectivity index (χ4n) is 1.09. The summed E-state index contributed by atoms with van der Waals surface area (Å²) in [6, 6.07) is 0.757. The Balaban J connectivity index is 3.57. The number of halogens is 1. The van der Waals surface area contributed by atoms with Crippen molar-refractivity contribution in [2.24, 2.45) is 0 Å². The van der Waals surface area contributed by atoms with Crippen LogP contribution in [0, 0.1) is 5.95 Å². The zero-order chi connectivity index (χ0) is 10.2. The number of hydrogen-bond donors (Lipinski definition) is 1. The second-order valence-electron chi connectivity index (χ2n) is 3.77. The number of nitrogens with one attached hydrogen (secondary N) is 1. The molecule has 1 aromatic heterocycles. The highest BCUT2D eigenvalue weighted by molar-refractivity contribution is 4.91. The maximum Gasteiger partial charge on any atom is 0.331 e. The summed E-state index contributed by atoms with van der Waals surface area (Å²) < 4.78 is 14.0. The molecule has 1 aromatic rings. The van der Waals surface area contributed by atoms with Crippen molar-refractivity contribution >= 4 is 0 Å². The van der Waals surface area contributed by atoms with E-state index in [1.165, 1.54) is 0 Å². The van der Waals surface area contributed by atoms with Crippen molar-refractivity contribution in [2.75, 3.05) is 0 Å². The van der Waals surface area contributed by atoms with Crippen LogP contribution in [0.25, 0.3) is 0 Å². The molecule has 13 heavy (non-hydrogen) atoms. The highest BCUT2D eigenvalue weighted by atomic mass is 19.1. The summed E-state index contributed by atoms with van der Waals surface area (Å²) in [6.07, 6.45) is 0. The lowest BCUT2D eigenvalue weighted by Crippen LogP contribution is -2.40. The van der Waals surface area contributed by atoms with Gasteiger partial charge in [0.15, 0.2) is 0 Å². The molecule has 72 valence electrons. The Hall–Kier alpha value is -1.39. The highest BCUT2D eigenvalue weighted by Gasteiger charge is 2.18. The molecule has 0 atom stereocenters. The molecule has 0 unspecified atom stereocenters. The average Bonchev–Trinajstić information content (AvgIpc) is 1.78. The van der Waals surface area contributed by atoms with Crippen LogP contribution in [-0.2, 0) is 5.54 Å². The standard InChI is InChI=1S/C8H11FN2O2/c1-8(2,3)11-5(9)4-6(12)10-7(11)13/h4H,1-3H3,(H,10,12,13). The second-order valence-corrected chi connectivity index (χ2v) is 3.77. The first-order valence-electron chi connectivity index (χ1n) is 3.85. The van der Waals surface area contributed by atoms with Gasteiger partial charge in [0.05, 0.1) is 6.07 Å². The first-order chi connectivity index (χ1) is 5.82. The molecule has 0 fully saturated rings. The minimum absolute atomic E-state index is 0.675. The van der Waals surface area contributed by atoms with Gasteiger partial charge in [-0.1, -0.05) is 0 Å². The fraction of sp³-hybridized carbons (Fsp3) is 0.500. The number of rotatable bonds is 0. The first kappa shape index (κ1) is 9.70. The molecule has 0 aromatic carbocycles. The fourth-order valence-corrected chi connectivity index (χ4v) is 1.09. The van der Waals surface area contributed by atoms with E-state index in [2.05, 4.69) is 0 Å². The molecule has 0 radical (unpaired) electrons. The zero-order valence-corrected chi connectivity index (χ0v) is 7.72.